The Morgan fingerprint density at radius 1 is 1.45 bits per heavy atom. The maximum Gasteiger partial charge on any atom is 0.401 e. The first kappa shape index (κ1) is 8.80. The zero-order valence-corrected chi connectivity index (χ0v) is 6.19. The average molecular weight is 169 g/mol. The van der Waals surface area contributed by atoms with E-state index in [9.17, 15) is 13.2 Å². The Bertz CT molecular complexity index is 130. The molecule has 1 heterocycles. The highest BCUT2D eigenvalue weighted by atomic mass is 19.4. The van der Waals surface area contributed by atoms with E-state index < -0.39 is 12.7 Å². The van der Waals surface area contributed by atoms with E-state index in [0.29, 0.717) is 13.1 Å². The molecular weight excluding hydrogens is 159 g/mol. The fourth-order valence-electron chi connectivity index (χ4n) is 1.05. The van der Waals surface area contributed by atoms with Crippen molar-refractivity contribution in [1.82, 2.24) is 4.90 Å². The van der Waals surface area contributed by atoms with Gasteiger partial charge in [-0.2, -0.15) is 13.2 Å². The number of nitrogens with zero attached hydrogens (tertiary/aromatic N) is 1. The molecule has 66 valence electrons. The van der Waals surface area contributed by atoms with Crippen molar-refractivity contribution in [1.29, 1.82) is 0 Å². The van der Waals surface area contributed by atoms with E-state index in [1.54, 1.807) is 0 Å². The Morgan fingerprint density at radius 3 is 2.36 bits per heavy atom. The van der Waals surface area contributed by atoms with Crippen LogP contribution in [0.3, 0.4) is 0 Å². The van der Waals surface area contributed by atoms with Gasteiger partial charge in [0.25, 0.3) is 0 Å². The zero-order valence-electron chi connectivity index (χ0n) is 6.19. The van der Waals surface area contributed by atoms with E-state index in [1.807, 2.05) is 0 Å². The van der Waals surface area contributed by atoms with Gasteiger partial charge in [0.05, 0.1) is 12.6 Å². The number of rotatable bonds is 2. The number of alkyl halides is 3. The molecule has 0 saturated carbocycles. The second kappa shape index (κ2) is 2.98. The molecule has 0 atom stereocenters. The molecule has 0 N–H and O–H groups in total. The molecule has 1 rings (SSSR count). The second-order valence-electron chi connectivity index (χ2n) is 2.67. The third-order valence-electron chi connectivity index (χ3n) is 1.66. The summed E-state index contributed by atoms with van der Waals surface area (Å²) in [6.45, 7) is -0.0150. The van der Waals surface area contributed by atoms with Crippen molar-refractivity contribution < 1.29 is 17.9 Å². The molecule has 1 aliphatic heterocycles. The van der Waals surface area contributed by atoms with Crippen molar-refractivity contribution in [2.75, 3.05) is 26.7 Å². The fourth-order valence-corrected chi connectivity index (χ4v) is 1.05. The van der Waals surface area contributed by atoms with Crippen LogP contribution in [0.2, 0.25) is 0 Å². The second-order valence-corrected chi connectivity index (χ2v) is 2.67. The SMILES string of the molecule is COC1CN(CC(F)(F)F)C1. The van der Waals surface area contributed by atoms with Gasteiger partial charge in [-0.1, -0.05) is 0 Å². The molecule has 11 heavy (non-hydrogen) atoms. The molecule has 2 nitrogen and oxygen atoms in total. The third kappa shape index (κ3) is 2.67. The summed E-state index contributed by atoms with van der Waals surface area (Å²) in [6.07, 6.45) is -4.07. The van der Waals surface area contributed by atoms with Gasteiger partial charge in [-0.15, -0.1) is 0 Å². The summed E-state index contributed by atoms with van der Waals surface area (Å²) in [7, 11) is 1.51. The molecule has 0 aromatic heterocycles. The predicted octanol–water partition coefficient (Wildman–Crippen LogP) is 0.879. The lowest BCUT2D eigenvalue weighted by molar-refractivity contribution is -0.167. The van der Waals surface area contributed by atoms with E-state index in [0.717, 1.165) is 0 Å². The maximum atomic E-state index is 11.7. The maximum absolute atomic E-state index is 11.7. The van der Waals surface area contributed by atoms with Crippen LogP contribution in [0.25, 0.3) is 0 Å². The minimum absolute atomic E-state index is 0.00245. The molecule has 0 aromatic carbocycles. The summed E-state index contributed by atoms with van der Waals surface area (Å²) in [6, 6.07) is 0. The normalized spacial score (nSPS) is 21.8. The van der Waals surface area contributed by atoms with Crippen LogP contribution in [0.1, 0.15) is 0 Å². The Kier molecular flexibility index (Phi) is 2.39. The molecule has 1 aliphatic rings. The van der Waals surface area contributed by atoms with Crippen molar-refractivity contribution in [3.05, 3.63) is 0 Å². The van der Waals surface area contributed by atoms with Crippen molar-refractivity contribution in [3.63, 3.8) is 0 Å². The van der Waals surface area contributed by atoms with Crippen molar-refractivity contribution in [2.24, 2.45) is 0 Å². The molecule has 5 heteroatoms. The van der Waals surface area contributed by atoms with Gasteiger partial charge in [0.15, 0.2) is 0 Å². The van der Waals surface area contributed by atoms with Gasteiger partial charge in [-0.05, 0) is 0 Å². The fraction of sp³-hybridized carbons (Fsp3) is 1.00. The lowest BCUT2D eigenvalue weighted by Gasteiger charge is -2.38. The standard InChI is InChI=1S/C6H10F3NO/c1-11-5-2-10(3-5)4-6(7,8)9/h5H,2-4H2,1H3. The van der Waals surface area contributed by atoms with Gasteiger partial charge >= 0.3 is 6.18 Å². The van der Waals surface area contributed by atoms with Crippen LogP contribution in [0, 0.1) is 0 Å². The molecule has 0 aliphatic carbocycles. The van der Waals surface area contributed by atoms with Crippen molar-refractivity contribution >= 4 is 0 Å². The number of methoxy groups -OCH3 is 1. The summed E-state index contributed by atoms with van der Waals surface area (Å²) in [5.74, 6) is 0. The lowest BCUT2D eigenvalue weighted by atomic mass is 10.2. The molecule has 1 saturated heterocycles. The smallest absolute Gasteiger partial charge is 0.379 e. The zero-order chi connectivity index (χ0) is 8.48. The highest BCUT2D eigenvalue weighted by Gasteiger charge is 2.36. The Hall–Kier alpha value is -0.290. The third-order valence-corrected chi connectivity index (χ3v) is 1.66. The summed E-state index contributed by atoms with van der Waals surface area (Å²) in [4.78, 5) is 1.31. The van der Waals surface area contributed by atoms with Crippen LogP contribution in [0.4, 0.5) is 13.2 Å². The molecule has 0 unspecified atom stereocenters. The summed E-state index contributed by atoms with van der Waals surface area (Å²) in [5, 5.41) is 0. The number of likely N-dealkylation sites (tertiary alicyclic amines) is 1. The lowest BCUT2D eigenvalue weighted by Crippen LogP contribution is -2.54. The van der Waals surface area contributed by atoms with E-state index in [-0.39, 0.29) is 6.10 Å². The highest BCUT2D eigenvalue weighted by molar-refractivity contribution is 4.81. The number of halogens is 3. The first-order chi connectivity index (χ1) is 5.01. The van der Waals surface area contributed by atoms with Crippen molar-refractivity contribution in [3.8, 4) is 0 Å². The van der Waals surface area contributed by atoms with Gasteiger partial charge in [0.2, 0.25) is 0 Å². The Morgan fingerprint density at radius 2 is 2.00 bits per heavy atom. The van der Waals surface area contributed by atoms with Gasteiger partial charge in [0, 0.05) is 20.2 Å². The van der Waals surface area contributed by atoms with Crippen LogP contribution in [-0.2, 0) is 4.74 Å². The van der Waals surface area contributed by atoms with Crippen LogP contribution in [0.15, 0.2) is 0 Å². The predicted molar refractivity (Wildman–Crippen MR) is 33.3 cm³/mol. The van der Waals surface area contributed by atoms with Gasteiger partial charge in [-0.25, -0.2) is 0 Å². The quantitative estimate of drug-likeness (QED) is 0.608. The summed E-state index contributed by atoms with van der Waals surface area (Å²) in [5.41, 5.74) is 0. The summed E-state index contributed by atoms with van der Waals surface area (Å²) >= 11 is 0. The van der Waals surface area contributed by atoms with Gasteiger partial charge in [-0.3, -0.25) is 4.90 Å². The van der Waals surface area contributed by atoms with Crippen LogP contribution >= 0.6 is 0 Å². The van der Waals surface area contributed by atoms with E-state index in [1.165, 1.54) is 12.0 Å². The van der Waals surface area contributed by atoms with Crippen LogP contribution in [0.5, 0.6) is 0 Å². The molecule has 0 radical (unpaired) electrons. The average Bonchev–Trinajstić information content (AvgIpc) is 1.75. The largest absolute Gasteiger partial charge is 0.401 e. The van der Waals surface area contributed by atoms with Gasteiger partial charge < -0.3 is 4.74 Å². The van der Waals surface area contributed by atoms with Crippen LogP contribution in [-0.4, -0.2) is 43.9 Å². The van der Waals surface area contributed by atoms with Gasteiger partial charge in [0.1, 0.15) is 0 Å². The number of ether oxygens (including phenoxy) is 1. The number of hydrogen-bond acceptors (Lipinski definition) is 2. The number of hydrogen-bond donors (Lipinski definition) is 0. The summed E-state index contributed by atoms with van der Waals surface area (Å²) < 4.78 is 39.8. The first-order valence-corrected chi connectivity index (χ1v) is 3.33. The minimum atomic E-state index is -4.07. The topological polar surface area (TPSA) is 12.5 Å². The molecule has 0 aromatic rings. The molecule has 0 bridgehead atoms. The van der Waals surface area contributed by atoms with E-state index >= 15 is 0 Å². The molecular formula is C6H10F3NO. The Balaban J connectivity index is 2.14. The molecule has 0 amide bonds. The van der Waals surface area contributed by atoms with Crippen LogP contribution < -0.4 is 0 Å². The first-order valence-electron chi connectivity index (χ1n) is 3.33. The van der Waals surface area contributed by atoms with E-state index in [4.69, 9.17) is 4.74 Å². The van der Waals surface area contributed by atoms with Crippen molar-refractivity contribution in [2.45, 2.75) is 12.3 Å². The minimum Gasteiger partial charge on any atom is -0.379 e. The van der Waals surface area contributed by atoms with E-state index in [2.05, 4.69) is 0 Å². The highest BCUT2D eigenvalue weighted by Crippen LogP contribution is 2.20. The monoisotopic (exact) mass is 169 g/mol. The Labute approximate surface area is 62.9 Å². The molecule has 1 fully saturated rings. The molecule has 0 spiro atoms.